The Morgan fingerprint density at radius 3 is 2.84 bits per heavy atom. The van der Waals surface area contributed by atoms with Gasteiger partial charge < -0.3 is 11.1 Å². The van der Waals surface area contributed by atoms with Crippen LogP contribution in [0.1, 0.15) is 32.6 Å². The number of amides is 1. The SMILES string of the molecule is CCSc1ccccc1NC(=O)C1CCCCC1N. The van der Waals surface area contributed by atoms with Gasteiger partial charge in [0.25, 0.3) is 0 Å². The van der Waals surface area contributed by atoms with E-state index in [1.54, 1.807) is 11.8 Å². The molecule has 1 aromatic carbocycles. The molecule has 4 heteroatoms. The van der Waals surface area contributed by atoms with E-state index in [2.05, 4.69) is 12.2 Å². The second kappa shape index (κ2) is 6.96. The second-order valence-electron chi connectivity index (χ2n) is 4.97. The lowest BCUT2D eigenvalue weighted by Gasteiger charge is -2.27. The summed E-state index contributed by atoms with van der Waals surface area (Å²) in [7, 11) is 0. The zero-order valence-corrected chi connectivity index (χ0v) is 12.2. The van der Waals surface area contributed by atoms with Crippen LogP contribution in [0.5, 0.6) is 0 Å². The molecule has 0 heterocycles. The predicted octanol–water partition coefficient (Wildman–Crippen LogP) is 3.25. The Labute approximate surface area is 119 Å². The Kier molecular flexibility index (Phi) is 5.28. The van der Waals surface area contributed by atoms with Crippen LogP contribution in [0.25, 0.3) is 0 Å². The van der Waals surface area contributed by atoms with Gasteiger partial charge in [-0.1, -0.05) is 31.9 Å². The molecule has 1 aliphatic carbocycles. The average Bonchev–Trinajstić information content (AvgIpc) is 2.41. The highest BCUT2D eigenvalue weighted by Gasteiger charge is 2.28. The molecule has 0 spiro atoms. The summed E-state index contributed by atoms with van der Waals surface area (Å²) in [6.07, 6.45) is 4.13. The van der Waals surface area contributed by atoms with Crippen LogP contribution in [0, 0.1) is 5.92 Å². The Morgan fingerprint density at radius 1 is 1.37 bits per heavy atom. The fourth-order valence-electron chi connectivity index (χ4n) is 2.56. The Bertz CT molecular complexity index is 436. The van der Waals surface area contributed by atoms with Gasteiger partial charge in [0.2, 0.25) is 5.91 Å². The quantitative estimate of drug-likeness (QED) is 0.831. The maximum Gasteiger partial charge on any atom is 0.229 e. The van der Waals surface area contributed by atoms with Crippen molar-refractivity contribution in [3.8, 4) is 0 Å². The molecule has 2 unspecified atom stereocenters. The van der Waals surface area contributed by atoms with E-state index >= 15 is 0 Å². The standard InChI is InChI=1S/C15H22N2OS/c1-2-19-14-10-6-5-9-13(14)17-15(18)11-7-3-4-8-12(11)16/h5-6,9-12H,2-4,7-8,16H2,1H3,(H,17,18). The van der Waals surface area contributed by atoms with Gasteiger partial charge in [0.05, 0.1) is 11.6 Å². The van der Waals surface area contributed by atoms with Gasteiger partial charge in [-0.25, -0.2) is 0 Å². The summed E-state index contributed by atoms with van der Waals surface area (Å²) in [4.78, 5) is 13.5. The zero-order chi connectivity index (χ0) is 13.7. The van der Waals surface area contributed by atoms with Crippen molar-refractivity contribution in [3.63, 3.8) is 0 Å². The minimum atomic E-state index is -0.0339. The fourth-order valence-corrected chi connectivity index (χ4v) is 3.32. The number of thioether (sulfide) groups is 1. The van der Waals surface area contributed by atoms with Gasteiger partial charge in [0.1, 0.15) is 0 Å². The van der Waals surface area contributed by atoms with Crippen LogP contribution in [0.15, 0.2) is 29.2 Å². The van der Waals surface area contributed by atoms with E-state index in [0.29, 0.717) is 0 Å². The Hall–Kier alpha value is -1.00. The monoisotopic (exact) mass is 278 g/mol. The summed E-state index contributed by atoms with van der Waals surface area (Å²) in [5, 5.41) is 3.06. The number of nitrogens with one attached hydrogen (secondary N) is 1. The normalized spacial score (nSPS) is 23.1. The molecular weight excluding hydrogens is 256 g/mol. The van der Waals surface area contributed by atoms with E-state index in [-0.39, 0.29) is 17.9 Å². The lowest BCUT2D eigenvalue weighted by Crippen LogP contribution is -2.40. The third kappa shape index (κ3) is 3.74. The first-order chi connectivity index (χ1) is 9.22. The number of hydrogen-bond donors (Lipinski definition) is 2. The number of anilines is 1. The summed E-state index contributed by atoms with van der Waals surface area (Å²) in [6, 6.07) is 7.98. The van der Waals surface area contributed by atoms with E-state index in [1.807, 2.05) is 24.3 Å². The van der Waals surface area contributed by atoms with Crippen molar-refractivity contribution in [3.05, 3.63) is 24.3 Å². The molecule has 1 amide bonds. The second-order valence-corrected chi connectivity index (χ2v) is 6.28. The topological polar surface area (TPSA) is 55.1 Å². The number of para-hydroxylation sites is 1. The van der Waals surface area contributed by atoms with Gasteiger partial charge in [0, 0.05) is 10.9 Å². The molecule has 0 saturated heterocycles. The van der Waals surface area contributed by atoms with Crippen LogP contribution < -0.4 is 11.1 Å². The number of carbonyl (C=O) groups excluding carboxylic acids is 1. The smallest absolute Gasteiger partial charge is 0.229 e. The third-order valence-corrected chi connectivity index (χ3v) is 4.56. The molecule has 3 nitrogen and oxygen atoms in total. The van der Waals surface area contributed by atoms with Crippen LogP contribution in [0.3, 0.4) is 0 Å². The van der Waals surface area contributed by atoms with Crippen LogP contribution in [-0.2, 0) is 4.79 Å². The molecular formula is C15H22N2OS. The molecule has 19 heavy (non-hydrogen) atoms. The van der Waals surface area contributed by atoms with E-state index in [1.165, 1.54) is 0 Å². The lowest BCUT2D eigenvalue weighted by molar-refractivity contribution is -0.121. The van der Waals surface area contributed by atoms with Gasteiger partial charge in [-0.05, 0) is 30.7 Å². The highest BCUT2D eigenvalue weighted by molar-refractivity contribution is 7.99. The summed E-state index contributed by atoms with van der Waals surface area (Å²) in [5.74, 6) is 1.04. The molecule has 0 bridgehead atoms. The first-order valence-corrected chi connectivity index (χ1v) is 7.99. The van der Waals surface area contributed by atoms with Gasteiger partial charge in [-0.2, -0.15) is 0 Å². The van der Waals surface area contributed by atoms with Gasteiger partial charge in [-0.15, -0.1) is 11.8 Å². The summed E-state index contributed by atoms with van der Waals surface area (Å²) >= 11 is 1.75. The number of nitrogens with two attached hydrogens (primary N) is 1. The van der Waals surface area contributed by atoms with Crippen molar-refractivity contribution in [2.45, 2.75) is 43.5 Å². The zero-order valence-electron chi connectivity index (χ0n) is 11.4. The van der Waals surface area contributed by atoms with Crippen molar-refractivity contribution in [1.29, 1.82) is 0 Å². The Balaban J connectivity index is 2.05. The molecule has 0 aromatic heterocycles. The average molecular weight is 278 g/mol. The highest BCUT2D eigenvalue weighted by Crippen LogP contribution is 2.29. The summed E-state index contributed by atoms with van der Waals surface area (Å²) < 4.78 is 0. The highest BCUT2D eigenvalue weighted by atomic mass is 32.2. The molecule has 2 rings (SSSR count). The van der Waals surface area contributed by atoms with Crippen molar-refractivity contribution in [2.75, 3.05) is 11.1 Å². The van der Waals surface area contributed by atoms with E-state index in [4.69, 9.17) is 5.73 Å². The number of hydrogen-bond acceptors (Lipinski definition) is 3. The summed E-state index contributed by atoms with van der Waals surface area (Å²) in [5.41, 5.74) is 6.98. The van der Waals surface area contributed by atoms with Gasteiger partial charge in [0.15, 0.2) is 0 Å². The first kappa shape index (κ1) is 14.4. The van der Waals surface area contributed by atoms with Crippen LogP contribution >= 0.6 is 11.8 Å². The maximum atomic E-state index is 12.3. The first-order valence-electron chi connectivity index (χ1n) is 7.00. The van der Waals surface area contributed by atoms with E-state index < -0.39 is 0 Å². The van der Waals surface area contributed by atoms with Crippen molar-refractivity contribution in [1.82, 2.24) is 0 Å². The molecule has 3 N–H and O–H groups in total. The molecule has 1 saturated carbocycles. The van der Waals surface area contributed by atoms with Crippen LogP contribution in [0.2, 0.25) is 0 Å². The van der Waals surface area contributed by atoms with Crippen molar-refractivity contribution in [2.24, 2.45) is 11.7 Å². The lowest BCUT2D eigenvalue weighted by atomic mass is 9.84. The van der Waals surface area contributed by atoms with E-state index in [9.17, 15) is 4.79 Å². The molecule has 1 aromatic rings. The molecule has 1 fully saturated rings. The van der Waals surface area contributed by atoms with Crippen molar-refractivity contribution >= 4 is 23.4 Å². The van der Waals surface area contributed by atoms with E-state index in [0.717, 1.165) is 42.0 Å². The minimum absolute atomic E-state index is 0.0136. The molecule has 0 aliphatic heterocycles. The number of carbonyl (C=O) groups is 1. The third-order valence-electron chi connectivity index (χ3n) is 3.60. The minimum Gasteiger partial charge on any atom is -0.327 e. The van der Waals surface area contributed by atoms with Crippen LogP contribution in [0.4, 0.5) is 5.69 Å². The van der Waals surface area contributed by atoms with Crippen LogP contribution in [-0.4, -0.2) is 17.7 Å². The van der Waals surface area contributed by atoms with Gasteiger partial charge in [-0.3, -0.25) is 4.79 Å². The van der Waals surface area contributed by atoms with Gasteiger partial charge >= 0.3 is 0 Å². The summed E-state index contributed by atoms with van der Waals surface area (Å²) in [6.45, 7) is 2.11. The fraction of sp³-hybridized carbons (Fsp3) is 0.533. The predicted molar refractivity (Wildman–Crippen MR) is 81.4 cm³/mol. The molecule has 0 radical (unpaired) electrons. The Morgan fingerprint density at radius 2 is 2.11 bits per heavy atom. The largest absolute Gasteiger partial charge is 0.327 e. The van der Waals surface area contributed by atoms with Crippen molar-refractivity contribution < 1.29 is 4.79 Å². The number of benzene rings is 1. The molecule has 104 valence electrons. The molecule has 2 atom stereocenters. The molecule has 1 aliphatic rings. The maximum absolute atomic E-state index is 12.3. The number of rotatable bonds is 4.